The van der Waals surface area contributed by atoms with E-state index in [-0.39, 0.29) is 11.7 Å². The van der Waals surface area contributed by atoms with E-state index >= 15 is 0 Å². The molecule has 1 saturated heterocycles. The molecule has 0 aliphatic carbocycles. The number of ketones is 1. The van der Waals surface area contributed by atoms with Crippen molar-refractivity contribution in [2.24, 2.45) is 11.8 Å². The Bertz CT molecular complexity index is 945. The average molecular weight is 437 g/mol. The smallest absolute Gasteiger partial charge is 0.316 e. The lowest BCUT2D eigenvalue weighted by Gasteiger charge is -2.31. The summed E-state index contributed by atoms with van der Waals surface area (Å²) >= 11 is 0. The van der Waals surface area contributed by atoms with Gasteiger partial charge in [-0.05, 0) is 67.9 Å². The van der Waals surface area contributed by atoms with Gasteiger partial charge in [-0.25, -0.2) is 0 Å². The summed E-state index contributed by atoms with van der Waals surface area (Å²) in [6.07, 6.45) is 14.4. The second-order valence-corrected chi connectivity index (χ2v) is 9.13. The molecule has 0 N–H and O–H groups in total. The van der Waals surface area contributed by atoms with Crippen LogP contribution in [-0.4, -0.2) is 17.9 Å². The molecule has 0 aromatic heterocycles. The maximum atomic E-state index is 12.3. The second-order valence-electron chi connectivity index (χ2n) is 9.13. The van der Waals surface area contributed by atoms with Crippen molar-refractivity contribution in [2.75, 3.05) is 0 Å². The van der Waals surface area contributed by atoms with Gasteiger partial charge in [-0.15, -0.1) is 0 Å². The molecule has 0 saturated carbocycles. The number of Topliss-reactive ketones (excluding diaryl/α,β-unsaturated/α-hetero) is 1. The minimum Gasteiger partial charge on any atom is -0.457 e. The number of cyclic esters (lactones) is 1. The Hall–Kier alpha value is -2.68. The van der Waals surface area contributed by atoms with E-state index in [1.54, 1.807) is 6.92 Å². The van der Waals surface area contributed by atoms with Gasteiger partial charge in [-0.2, -0.15) is 0 Å². The Balaban J connectivity index is 2.98. The number of carbonyl (C=O) groups is 2. The molecule has 174 valence electrons. The van der Waals surface area contributed by atoms with Crippen LogP contribution in [0.5, 0.6) is 0 Å². The topological polar surface area (TPSA) is 43.4 Å². The SMILES string of the molecule is C/C=C(C)/C=C(C)/C=C(C)/C=C(C)/C=C(C)/C=C(C)/C=C(\C)[C@H]1OC(=O)C(C)C(=O)[C@@H]1C. The first-order valence-electron chi connectivity index (χ1n) is 11.3. The van der Waals surface area contributed by atoms with Crippen LogP contribution >= 0.6 is 0 Å². The maximum Gasteiger partial charge on any atom is 0.316 e. The molecule has 0 radical (unpaired) electrons. The van der Waals surface area contributed by atoms with Gasteiger partial charge in [0.2, 0.25) is 0 Å². The zero-order valence-electron chi connectivity index (χ0n) is 21.5. The number of hydrogen-bond acceptors (Lipinski definition) is 3. The Labute approximate surface area is 195 Å². The third-order valence-corrected chi connectivity index (χ3v) is 5.56. The minimum absolute atomic E-state index is 0.0492. The van der Waals surface area contributed by atoms with E-state index < -0.39 is 18.0 Å². The van der Waals surface area contributed by atoms with Gasteiger partial charge in [0, 0.05) is 0 Å². The minimum atomic E-state index is -0.672. The average Bonchev–Trinajstić information content (AvgIpc) is 2.67. The van der Waals surface area contributed by atoms with E-state index in [0.717, 1.165) is 16.7 Å². The fourth-order valence-corrected chi connectivity index (χ4v) is 4.00. The number of ether oxygens (including phenoxy) is 1. The number of carbonyl (C=O) groups excluding carboxylic acids is 2. The highest BCUT2D eigenvalue weighted by atomic mass is 16.5. The van der Waals surface area contributed by atoms with Crippen molar-refractivity contribution in [1.29, 1.82) is 0 Å². The van der Waals surface area contributed by atoms with Crippen molar-refractivity contribution in [1.82, 2.24) is 0 Å². The molecular weight excluding hydrogens is 396 g/mol. The van der Waals surface area contributed by atoms with Crippen molar-refractivity contribution in [3.8, 4) is 0 Å². The lowest BCUT2D eigenvalue weighted by Crippen LogP contribution is -2.44. The molecule has 3 heteroatoms. The first-order valence-corrected chi connectivity index (χ1v) is 11.3. The Morgan fingerprint density at radius 2 is 1.03 bits per heavy atom. The molecule has 1 heterocycles. The number of hydrogen-bond donors (Lipinski definition) is 0. The fourth-order valence-electron chi connectivity index (χ4n) is 4.00. The van der Waals surface area contributed by atoms with Crippen molar-refractivity contribution in [3.05, 3.63) is 81.5 Å². The summed E-state index contributed by atoms with van der Waals surface area (Å²) in [5.74, 6) is -1.47. The van der Waals surface area contributed by atoms with Gasteiger partial charge in [0.1, 0.15) is 12.0 Å². The van der Waals surface area contributed by atoms with Crippen molar-refractivity contribution in [2.45, 2.75) is 75.3 Å². The lowest BCUT2D eigenvalue weighted by atomic mass is 9.85. The standard InChI is InChI=1S/C29H40O3/c1-11-18(2)12-19(3)13-20(4)14-21(5)15-22(6)16-23(7)17-24(8)28-25(9)27(30)26(10)29(31)32-28/h11-17,25-26,28H,1-10H3/b18-11+,19-12+,20-13+,21-14+,22-15+,23-16+,24-17+/t25-,26?,28+/m0/s1. The van der Waals surface area contributed by atoms with E-state index in [9.17, 15) is 9.59 Å². The Morgan fingerprint density at radius 1 is 0.656 bits per heavy atom. The van der Waals surface area contributed by atoms with Crippen LogP contribution in [0.1, 0.15) is 69.2 Å². The molecule has 0 spiro atoms. The Kier molecular flexibility index (Phi) is 10.6. The predicted molar refractivity (Wildman–Crippen MR) is 135 cm³/mol. The summed E-state index contributed by atoms with van der Waals surface area (Å²) < 4.78 is 5.53. The van der Waals surface area contributed by atoms with Crippen molar-refractivity contribution < 1.29 is 14.3 Å². The van der Waals surface area contributed by atoms with Gasteiger partial charge in [0.05, 0.1) is 5.92 Å². The summed E-state index contributed by atoms with van der Waals surface area (Å²) in [6, 6.07) is 0. The monoisotopic (exact) mass is 436 g/mol. The summed E-state index contributed by atoms with van der Waals surface area (Å²) in [6.45, 7) is 19.9. The third kappa shape index (κ3) is 8.45. The molecule has 32 heavy (non-hydrogen) atoms. The molecule has 1 fully saturated rings. The van der Waals surface area contributed by atoms with Crippen LogP contribution in [0.15, 0.2) is 81.5 Å². The first kappa shape index (κ1) is 27.4. The van der Waals surface area contributed by atoms with Crippen LogP contribution in [0.3, 0.4) is 0 Å². The van der Waals surface area contributed by atoms with Gasteiger partial charge in [-0.3, -0.25) is 9.59 Å². The van der Waals surface area contributed by atoms with Crippen LogP contribution in [0.2, 0.25) is 0 Å². The molecule has 1 unspecified atom stereocenters. The summed E-state index contributed by atoms with van der Waals surface area (Å²) in [5, 5.41) is 0. The molecule has 3 atom stereocenters. The summed E-state index contributed by atoms with van der Waals surface area (Å²) in [4.78, 5) is 24.3. The maximum absolute atomic E-state index is 12.3. The molecule has 1 aliphatic rings. The molecule has 0 bridgehead atoms. The second kappa shape index (κ2) is 12.4. The molecule has 1 aliphatic heterocycles. The van der Waals surface area contributed by atoms with Crippen molar-refractivity contribution >= 4 is 11.8 Å². The van der Waals surface area contributed by atoms with E-state index in [1.807, 2.05) is 33.8 Å². The van der Waals surface area contributed by atoms with Crippen molar-refractivity contribution in [3.63, 3.8) is 0 Å². The van der Waals surface area contributed by atoms with Crippen LogP contribution in [0.25, 0.3) is 0 Å². The largest absolute Gasteiger partial charge is 0.457 e. The predicted octanol–water partition coefficient (Wildman–Crippen LogP) is 7.40. The van der Waals surface area contributed by atoms with E-state index in [4.69, 9.17) is 4.74 Å². The number of allylic oxidation sites excluding steroid dienone is 13. The van der Waals surface area contributed by atoms with Gasteiger partial charge in [0.25, 0.3) is 0 Å². The lowest BCUT2D eigenvalue weighted by molar-refractivity contribution is -0.166. The normalized spacial score (nSPS) is 25.3. The summed E-state index contributed by atoms with van der Waals surface area (Å²) in [5.41, 5.74) is 7.92. The first-order chi connectivity index (χ1) is 14.8. The van der Waals surface area contributed by atoms with Gasteiger partial charge in [0.15, 0.2) is 5.78 Å². The highest BCUT2D eigenvalue weighted by Gasteiger charge is 2.40. The molecule has 3 nitrogen and oxygen atoms in total. The fraction of sp³-hybridized carbons (Fsp3) is 0.448. The van der Waals surface area contributed by atoms with Gasteiger partial charge in [-0.1, -0.05) is 82.9 Å². The quantitative estimate of drug-likeness (QED) is 0.237. The van der Waals surface area contributed by atoms with Crippen LogP contribution in [0.4, 0.5) is 0 Å². The molecule has 0 aromatic carbocycles. The van der Waals surface area contributed by atoms with E-state index in [1.165, 1.54) is 22.3 Å². The molecule has 1 rings (SSSR count). The molecular formula is C29H40O3. The zero-order chi connectivity index (χ0) is 24.6. The molecule has 0 aromatic rings. The van der Waals surface area contributed by atoms with E-state index in [0.29, 0.717) is 0 Å². The highest BCUT2D eigenvalue weighted by Crippen LogP contribution is 2.28. The number of esters is 1. The Morgan fingerprint density at radius 3 is 1.44 bits per heavy atom. The van der Waals surface area contributed by atoms with Crippen LogP contribution < -0.4 is 0 Å². The zero-order valence-corrected chi connectivity index (χ0v) is 21.5. The summed E-state index contributed by atoms with van der Waals surface area (Å²) in [7, 11) is 0. The van der Waals surface area contributed by atoms with Gasteiger partial charge >= 0.3 is 5.97 Å². The van der Waals surface area contributed by atoms with Crippen LogP contribution in [-0.2, 0) is 14.3 Å². The third-order valence-electron chi connectivity index (χ3n) is 5.56. The highest BCUT2D eigenvalue weighted by molar-refractivity contribution is 6.02. The van der Waals surface area contributed by atoms with E-state index in [2.05, 4.69) is 71.1 Å². The van der Waals surface area contributed by atoms with Gasteiger partial charge < -0.3 is 4.74 Å². The van der Waals surface area contributed by atoms with Crippen LogP contribution in [0, 0.1) is 11.8 Å². The molecule has 0 amide bonds. The number of rotatable bonds is 7.